The number of likely N-dealkylation sites (tertiary alicyclic amines) is 1. The number of Topliss-reactive ketones (excluding diaryl/α,β-unsaturated/α-hetero) is 1. The van der Waals surface area contributed by atoms with Gasteiger partial charge in [0.1, 0.15) is 18.6 Å². The maximum Gasteiger partial charge on any atom is 0.410 e. The first-order valence-corrected chi connectivity index (χ1v) is 12.4. The van der Waals surface area contributed by atoms with Crippen LogP contribution in [0.15, 0.2) is 60.7 Å². The van der Waals surface area contributed by atoms with E-state index in [0.29, 0.717) is 5.92 Å². The molecule has 1 aliphatic carbocycles. The van der Waals surface area contributed by atoms with Crippen LogP contribution in [-0.2, 0) is 30.4 Å². The van der Waals surface area contributed by atoms with Gasteiger partial charge in [-0.15, -0.1) is 0 Å². The van der Waals surface area contributed by atoms with Crippen LogP contribution in [0.2, 0.25) is 0 Å². The van der Waals surface area contributed by atoms with Crippen LogP contribution in [0.3, 0.4) is 0 Å². The summed E-state index contributed by atoms with van der Waals surface area (Å²) in [6.45, 7) is 1.95. The van der Waals surface area contributed by atoms with Crippen molar-refractivity contribution in [3.05, 3.63) is 71.8 Å². The highest BCUT2D eigenvalue weighted by Crippen LogP contribution is 2.34. The fraction of sp³-hybridized carbons (Fsp3) is 0.464. The molecule has 2 aromatic carbocycles. The van der Waals surface area contributed by atoms with Crippen molar-refractivity contribution in [2.75, 3.05) is 19.8 Å². The van der Waals surface area contributed by atoms with E-state index in [2.05, 4.69) is 24.3 Å². The lowest BCUT2D eigenvalue weighted by Crippen LogP contribution is -2.42. The minimum absolute atomic E-state index is 0.0200. The van der Waals surface area contributed by atoms with E-state index in [9.17, 15) is 14.4 Å². The van der Waals surface area contributed by atoms with E-state index >= 15 is 0 Å². The summed E-state index contributed by atoms with van der Waals surface area (Å²) in [5.74, 6) is -1.45. The maximum absolute atomic E-state index is 13.1. The molecule has 2 aromatic rings. The number of nitrogens with zero attached hydrogens (tertiary/aromatic N) is 1. The number of amides is 1. The third kappa shape index (κ3) is 6.28. The Hall–Kier alpha value is -3.19. The molecular formula is C28H33NO6. The largest absolute Gasteiger partial charge is 0.465 e. The zero-order chi connectivity index (χ0) is 24.6. The molecule has 0 radical (unpaired) electrons. The second kappa shape index (κ2) is 12.0. The van der Waals surface area contributed by atoms with E-state index in [1.54, 1.807) is 6.92 Å². The molecule has 0 N–H and O–H groups in total. The average molecular weight is 480 g/mol. The molecule has 1 saturated carbocycles. The summed E-state index contributed by atoms with van der Waals surface area (Å²) >= 11 is 0. The molecule has 7 heteroatoms. The molecule has 2 fully saturated rings. The molecule has 0 aromatic heterocycles. The number of ketones is 1. The Balaban J connectivity index is 1.35. The van der Waals surface area contributed by atoms with Gasteiger partial charge in [-0.2, -0.15) is 0 Å². The molecule has 35 heavy (non-hydrogen) atoms. The second-order valence-electron chi connectivity index (χ2n) is 9.13. The normalized spacial score (nSPS) is 24.3. The Bertz CT molecular complexity index is 987. The van der Waals surface area contributed by atoms with Gasteiger partial charge in [-0.25, -0.2) is 4.79 Å². The highest BCUT2D eigenvalue weighted by atomic mass is 16.6. The van der Waals surface area contributed by atoms with Gasteiger partial charge in [-0.1, -0.05) is 60.7 Å². The molecule has 4 rings (SSSR count). The predicted molar refractivity (Wildman–Crippen MR) is 130 cm³/mol. The topological polar surface area (TPSA) is 82.1 Å². The lowest BCUT2D eigenvalue weighted by molar-refractivity contribution is -0.150. The molecule has 2 atom stereocenters. The van der Waals surface area contributed by atoms with E-state index in [4.69, 9.17) is 14.2 Å². The first-order chi connectivity index (χ1) is 17.1. The fourth-order valence-corrected chi connectivity index (χ4v) is 4.92. The van der Waals surface area contributed by atoms with Crippen LogP contribution < -0.4 is 0 Å². The van der Waals surface area contributed by atoms with Crippen molar-refractivity contribution in [2.45, 2.75) is 57.3 Å². The molecule has 0 spiro atoms. The smallest absolute Gasteiger partial charge is 0.410 e. The van der Waals surface area contributed by atoms with Crippen LogP contribution in [0.25, 0.3) is 0 Å². The third-order valence-corrected chi connectivity index (χ3v) is 6.87. The van der Waals surface area contributed by atoms with Crippen molar-refractivity contribution in [3.63, 3.8) is 0 Å². The molecular weight excluding hydrogens is 446 g/mol. The minimum atomic E-state index is -1.01. The molecule has 186 valence electrons. The second-order valence-corrected chi connectivity index (χ2v) is 9.13. The molecule has 7 nitrogen and oxygen atoms in total. The standard InChI is InChI=1S/C28H33NO6/c1-2-33-27(31)24-17-29(28(32)35-18-20-9-5-3-6-10-20)25(26(24)30)19-34-23-15-13-22(14-16-23)21-11-7-4-8-12-21/h3-12,22-25H,2,13-19H2,1H3. The molecule has 2 unspecified atom stereocenters. The Morgan fingerprint density at radius 2 is 1.57 bits per heavy atom. The van der Waals surface area contributed by atoms with Gasteiger partial charge >= 0.3 is 12.1 Å². The zero-order valence-electron chi connectivity index (χ0n) is 20.1. The molecule has 1 saturated heterocycles. The van der Waals surface area contributed by atoms with Gasteiger partial charge in [0.25, 0.3) is 0 Å². The van der Waals surface area contributed by atoms with E-state index in [1.165, 1.54) is 10.5 Å². The lowest BCUT2D eigenvalue weighted by Gasteiger charge is -2.30. The Morgan fingerprint density at radius 3 is 2.23 bits per heavy atom. The number of benzene rings is 2. The average Bonchev–Trinajstić information content (AvgIpc) is 3.24. The first-order valence-electron chi connectivity index (χ1n) is 12.4. The third-order valence-electron chi connectivity index (χ3n) is 6.87. The number of hydrogen-bond donors (Lipinski definition) is 0. The van der Waals surface area contributed by atoms with Crippen LogP contribution in [-0.4, -0.2) is 54.7 Å². The summed E-state index contributed by atoms with van der Waals surface area (Å²) in [6.07, 6.45) is 3.20. The summed E-state index contributed by atoms with van der Waals surface area (Å²) in [7, 11) is 0. The summed E-state index contributed by atoms with van der Waals surface area (Å²) in [5, 5.41) is 0. The van der Waals surface area contributed by atoms with Crippen molar-refractivity contribution in [3.8, 4) is 0 Å². The minimum Gasteiger partial charge on any atom is -0.465 e. The fourth-order valence-electron chi connectivity index (χ4n) is 4.92. The van der Waals surface area contributed by atoms with Crippen molar-refractivity contribution < 1.29 is 28.6 Å². The van der Waals surface area contributed by atoms with Gasteiger partial charge in [0, 0.05) is 6.54 Å². The Labute approximate surface area is 206 Å². The number of rotatable bonds is 8. The SMILES string of the molecule is CCOC(=O)C1CN(C(=O)OCc2ccccc2)C(COC2CCC(c3ccccc3)CC2)C1=O. The number of ether oxygens (including phenoxy) is 3. The van der Waals surface area contributed by atoms with Gasteiger partial charge in [0.15, 0.2) is 5.78 Å². The summed E-state index contributed by atoms with van der Waals surface area (Å²) in [4.78, 5) is 39.7. The van der Waals surface area contributed by atoms with Crippen molar-refractivity contribution in [2.24, 2.45) is 5.92 Å². The van der Waals surface area contributed by atoms with Crippen molar-refractivity contribution in [1.29, 1.82) is 0 Å². The molecule has 2 aliphatic rings. The summed E-state index contributed by atoms with van der Waals surface area (Å²) < 4.78 is 16.7. The summed E-state index contributed by atoms with van der Waals surface area (Å²) in [5.41, 5.74) is 2.19. The van der Waals surface area contributed by atoms with Crippen molar-refractivity contribution in [1.82, 2.24) is 4.90 Å². The Morgan fingerprint density at radius 1 is 0.914 bits per heavy atom. The summed E-state index contributed by atoms with van der Waals surface area (Å²) in [6, 6.07) is 18.9. The van der Waals surface area contributed by atoms with Crippen LogP contribution in [0, 0.1) is 5.92 Å². The highest BCUT2D eigenvalue weighted by molar-refractivity contribution is 6.05. The highest BCUT2D eigenvalue weighted by Gasteiger charge is 2.48. The molecule has 1 amide bonds. The number of hydrogen-bond acceptors (Lipinski definition) is 6. The van der Waals surface area contributed by atoms with E-state index in [0.717, 1.165) is 31.2 Å². The number of carbonyl (C=O) groups is 3. The number of esters is 1. The molecule has 1 aliphatic heterocycles. The Kier molecular flexibility index (Phi) is 8.53. The van der Waals surface area contributed by atoms with Gasteiger partial charge in [0.05, 0.1) is 19.3 Å². The van der Waals surface area contributed by atoms with E-state index in [-0.39, 0.29) is 38.3 Å². The van der Waals surface area contributed by atoms with Crippen LogP contribution in [0.1, 0.15) is 49.7 Å². The monoisotopic (exact) mass is 479 g/mol. The molecule has 1 heterocycles. The number of carbonyl (C=O) groups excluding carboxylic acids is 3. The van der Waals surface area contributed by atoms with Gasteiger partial charge < -0.3 is 14.2 Å². The molecule has 0 bridgehead atoms. The van der Waals surface area contributed by atoms with Crippen LogP contribution in [0.5, 0.6) is 0 Å². The predicted octanol–water partition coefficient (Wildman–Crippen LogP) is 4.50. The van der Waals surface area contributed by atoms with E-state index < -0.39 is 24.0 Å². The van der Waals surface area contributed by atoms with Gasteiger partial charge in [-0.3, -0.25) is 14.5 Å². The van der Waals surface area contributed by atoms with Crippen LogP contribution in [0.4, 0.5) is 4.79 Å². The zero-order valence-corrected chi connectivity index (χ0v) is 20.1. The maximum atomic E-state index is 13.1. The van der Waals surface area contributed by atoms with Crippen molar-refractivity contribution >= 4 is 17.8 Å². The lowest BCUT2D eigenvalue weighted by atomic mass is 9.83. The first kappa shape index (κ1) is 24.9. The van der Waals surface area contributed by atoms with E-state index in [1.807, 2.05) is 36.4 Å². The van der Waals surface area contributed by atoms with Gasteiger partial charge in [-0.05, 0) is 49.7 Å². The quantitative estimate of drug-likeness (QED) is 0.410. The van der Waals surface area contributed by atoms with Crippen LogP contribution >= 0.6 is 0 Å². The van der Waals surface area contributed by atoms with Gasteiger partial charge in [0.2, 0.25) is 0 Å².